The summed E-state index contributed by atoms with van der Waals surface area (Å²) in [7, 11) is 0. The molecule has 0 atom stereocenters. The molecule has 2 aromatic carbocycles. The lowest BCUT2D eigenvalue weighted by Crippen LogP contribution is -2.39. The second-order valence-electron chi connectivity index (χ2n) is 7.66. The first-order chi connectivity index (χ1) is 15.5. The van der Waals surface area contributed by atoms with E-state index in [-0.39, 0.29) is 5.91 Å². The molecule has 1 aromatic heterocycles. The Morgan fingerprint density at radius 3 is 2.69 bits per heavy atom. The standard InChI is InChI=1S/C23H25Cl2N3O2S2/c1-16-13-18(25)14-20-22(16)26-23(32-20)28(8-2-7-27-9-11-30-12-10-27)21(29)15-31-19-5-3-17(24)4-6-19/h3-6,13-14H,2,7-12,15H2,1H3. The first-order valence-corrected chi connectivity index (χ1v) is 13.1. The number of morpholine rings is 1. The quantitative estimate of drug-likeness (QED) is 0.361. The van der Waals surface area contributed by atoms with Gasteiger partial charge in [0.05, 0.1) is 29.2 Å². The summed E-state index contributed by atoms with van der Waals surface area (Å²) in [6, 6.07) is 11.4. The molecule has 0 spiro atoms. The van der Waals surface area contributed by atoms with Crippen LogP contribution in [0.25, 0.3) is 10.2 Å². The second kappa shape index (κ2) is 11.2. The lowest BCUT2D eigenvalue weighted by Gasteiger charge is -2.27. The molecule has 0 radical (unpaired) electrons. The van der Waals surface area contributed by atoms with E-state index in [1.165, 1.54) is 23.1 Å². The van der Waals surface area contributed by atoms with Gasteiger partial charge < -0.3 is 4.74 Å². The number of carbonyl (C=O) groups is 1. The van der Waals surface area contributed by atoms with Crippen LogP contribution in [-0.2, 0) is 9.53 Å². The number of anilines is 1. The number of carbonyl (C=O) groups excluding carboxylic acids is 1. The number of thioether (sulfide) groups is 1. The maximum atomic E-state index is 13.3. The fourth-order valence-corrected chi connectivity index (χ4v) is 5.98. The second-order valence-corrected chi connectivity index (χ2v) is 10.6. The molecule has 0 aliphatic carbocycles. The third-order valence-corrected chi connectivity index (χ3v) is 7.80. The number of benzene rings is 2. The lowest BCUT2D eigenvalue weighted by atomic mass is 10.2. The molecule has 1 amide bonds. The number of thiazole rings is 1. The van der Waals surface area contributed by atoms with Crippen molar-refractivity contribution in [2.24, 2.45) is 0 Å². The molecular weight excluding hydrogens is 485 g/mol. The van der Waals surface area contributed by atoms with E-state index in [4.69, 9.17) is 32.9 Å². The van der Waals surface area contributed by atoms with Crippen molar-refractivity contribution in [1.82, 2.24) is 9.88 Å². The van der Waals surface area contributed by atoms with Crippen LogP contribution < -0.4 is 4.90 Å². The molecule has 1 fully saturated rings. The van der Waals surface area contributed by atoms with Gasteiger partial charge in [-0.05, 0) is 55.3 Å². The predicted molar refractivity (Wildman–Crippen MR) is 136 cm³/mol. The number of amides is 1. The zero-order valence-corrected chi connectivity index (χ0v) is 21.0. The van der Waals surface area contributed by atoms with Crippen molar-refractivity contribution < 1.29 is 9.53 Å². The van der Waals surface area contributed by atoms with Gasteiger partial charge in [0.25, 0.3) is 0 Å². The van der Waals surface area contributed by atoms with Gasteiger partial charge in [-0.3, -0.25) is 14.6 Å². The van der Waals surface area contributed by atoms with Crippen LogP contribution in [0.4, 0.5) is 5.13 Å². The summed E-state index contributed by atoms with van der Waals surface area (Å²) in [4.78, 5) is 23.3. The van der Waals surface area contributed by atoms with E-state index in [1.54, 1.807) is 0 Å². The van der Waals surface area contributed by atoms with Gasteiger partial charge >= 0.3 is 0 Å². The van der Waals surface area contributed by atoms with Gasteiger partial charge in [0.2, 0.25) is 5.91 Å². The fraction of sp³-hybridized carbons (Fsp3) is 0.391. The highest BCUT2D eigenvalue weighted by atomic mass is 35.5. The van der Waals surface area contributed by atoms with Gasteiger partial charge in [-0.1, -0.05) is 34.5 Å². The van der Waals surface area contributed by atoms with Crippen molar-refractivity contribution in [2.45, 2.75) is 18.2 Å². The zero-order valence-electron chi connectivity index (χ0n) is 17.9. The molecule has 4 rings (SSSR count). The van der Waals surface area contributed by atoms with Crippen molar-refractivity contribution in [3.8, 4) is 0 Å². The molecule has 1 aliphatic rings. The first-order valence-electron chi connectivity index (χ1n) is 10.5. The zero-order chi connectivity index (χ0) is 22.5. The van der Waals surface area contributed by atoms with Crippen LogP contribution in [0.2, 0.25) is 10.0 Å². The van der Waals surface area contributed by atoms with Crippen LogP contribution in [0.15, 0.2) is 41.3 Å². The highest BCUT2D eigenvalue weighted by Crippen LogP contribution is 2.33. The van der Waals surface area contributed by atoms with E-state index in [0.717, 1.165) is 65.1 Å². The van der Waals surface area contributed by atoms with Gasteiger partial charge in [-0.25, -0.2) is 4.98 Å². The smallest absolute Gasteiger partial charge is 0.239 e. The van der Waals surface area contributed by atoms with Crippen LogP contribution >= 0.6 is 46.3 Å². The third-order valence-electron chi connectivity index (χ3n) is 5.31. The first kappa shape index (κ1) is 23.8. The lowest BCUT2D eigenvalue weighted by molar-refractivity contribution is -0.116. The number of ether oxygens (including phenoxy) is 1. The molecule has 3 aromatic rings. The van der Waals surface area contributed by atoms with E-state index < -0.39 is 0 Å². The van der Waals surface area contributed by atoms with E-state index in [9.17, 15) is 4.79 Å². The van der Waals surface area contributed by atoms with E-state index >= 15 is 0 Å². The summed E-state index contributed by atoms with van der Waals surface area (Å²) in [6.07, 6.45) is 0.882. The highest BCUT2D eigenvalue weighted by Gasteiger charge is 2.21. The van der Waals surface area contributed by atoms with Crippen molar-refractivity contribution in [3.05, 3.63) is 52.0 Å². The van der Waals surface area contributed by atoms with Gasteiger partial charge in [0.1, 0.15) is 0 Å². The number of aromatic nitrogens is 1. The van der Waals surface area contributed by atoms with Gasteiger partial charge in [0, 0.05) is 41.1 Å². The van der Waals surface area contributed by atoms with Crippen molar-refractivity contribution in [2.75, 3.05) is 50.0 Å². The summed E-state index contributed by atoms with van der Waals surface area (Å²) < 4.78 is 6.44. The Labute approximate surface area is 206 Å². The van der Waals surface area contributed by atoms with E-state index in [0.29, 0.717) is 22.3 Å². The van der Waals surface area contributed by atoms with Crippen LogP contribution in [0, 0.1) is 6.92 Å². The SMILES string of the molecule is Cc1cc(Cl)cc2sc(N(CCCN3CCOCC3)C(=O)CSc3ccc(Cl)cc3)nc12. The molecule has 170 valence electrons. The monoisotopic (exact) mass is 509 g/mol. The molecular formula is C23H25Cl2N3O2S2. The minimum absolute atomic E-state index is 0.0507. The number of halogens is 2. The molecule has 32 heavy (non-hydrogen) atoms. The number of hydrogen-bond donors (Lipinski definition) is 0. The molecule has 2 heterocycles. The minimum Gasteiger partial charge on any atom is -0.379 e. The molecule has 9 heteroatoms. The van der Waals surface area contributed by atoms with Gasteiger partial charge in [-0.15, -0.1) is 11.8 Å². The van der Waals surface area contributed by atoms with Crippen LogP contribution in [0.5, 0.6) is 0 Å². The highest BCUT2D eigenvalue weighted by molar-refractivity contribution is 8.00. The minimum atomic E-state index is 0.0507. The summed E-state index contributed by atoms with van der Waals surface area (Å²) >= 11 is 15.3. The molecule has 0 N–H and O–H groups in total. The normalized spacial score (nSPS) is 14.7. The molecule has 0 bridgehead atoms. The Kier molecular flexibility index (Phi) is 8.32. The topological polar surface area (TPSA) is 45.7 Å². The van der Waals surface area contributed by atoms with Crippen molar-refractivity contribution in [3.63, 3.8) is 0 Å². The number of fused-ring (bicyclic) bond motifs is 1. The molecule has 1 saturated heterocycles. The Balaban J connectivity index is 1.49. The number of rotatable bonds is 8. The maximum absolute atomic E-state index is 13.3. The average Bonchev–Trinajstić information content (AvgIpc) is 3.21. The molecule has 0 unspecified atom stereocenters. The Morgan fingerprint density at radius 2 is 1.94 bits per heavy atom. The van der Waals surface area contributed by atoms with Crippen molar-refractivity contribution >= 4 is 67.6 Å². The third kappa shape index (κ3) is 6.16. The largest absolute Gasteiger partial charge is 0.379 e. The number of hydrogen-bond acceptors (Lipinski definition) is 6. The molecule has 5 nitrogen and oxygen atoms in total. The number of aryl methyl sites for hydroxylation is 1. The van der Waals surface area contributed by atoms with Crippen LogP contribution in [0.3, 0.4) is 0 Å². The maximum Gasteiger partial charge on any atom is 0.239 e. The molecule has 0 saturated carbocycles. The van der Waals surface area contributed by atoms with Gasteiger partial charge in [0.15, 0.2) is 5.13 Å². The predicted octanol–water partition coefficient (Wildman–Crippen LogP) is 5.76. The summed E-state index contributed by atoms with van der Waals surface area (Å²) in [5.41, 5.74) is 1.93. The van der Waals surface area contributed by atoms with Crippen LogP contribution in [0.1, 0.15) is 12.0 Å². The van der Waals surface area contributed by atoms with Crippen LogP contribution in [-0.4, -0.2) is 60.9 Å². The Morgan fingerprint density at radius 1 is 1.19 bits per heavy atom. The molecule has 1 aliphatic heterocycles. The number of nitrogens with zero attached hydrogens (tertiary/aromatic N) is 3. The van der Waals surface area contributed by atoms with Gasteiger partial charge in [-0.2, -0.15) is 0 Å². The Hall–Kier alpha value is -1.35. The van der Waals surface area contributed by atoms with E-state index in [2.05, 4.69) is 4.90 Å². The average molecular weight is 511 g/mol. The van der Waals surface area contributed by atoms with E-state index in [1.807, 2.05) is 48.2 Å². The Bertz CT molecular complexity index is 1070. The summed E-state index contributed by atoms with van der Waals surface area (Å²) in [6.45, 7) is 7.00. The summed E-state index contributed by atoms with van der Waals surface area (Å²) in [5, 5.41) is 2.11. The summed E-state index contributed by atoms with van der Waals surface area (Å²) in [5.74, 6) is 0.393. The van der Waals surface area contributed by atoms with Crippen molar-refractivity contribution in [1.29, 1.82) is 0 Å². The fourth-order valence-electron chi connectivity index (χ4n) is 3.62.